The van der Waals surface area contributed by atoms with Gasteiger partial charge in [-0.3, -0.25) is 0 Å². The van der Waals surface area contributed by atoms with Gasteiger partial charge in [-0.15, -0.1) is 0 Å². The highest BCUT2D eigenvalue weighted by atomic mass is 14.3. The first-order valence-electron chi connectivity index (χ1n) is 8.02. The molecule has 0 aromatic heterocycles. The normalized spacial score (nSPS) is 19.1. The summed E-state index contributed by atoms with van der Waals surface area (Å²) in [6, 6.07) is 0. The highest BCUT2D eigenvalue weighted by molar-refractivity contribution is 5.23. The van der Waals surface area contributed by atoms with Gasteiger partial charge >= 0.3 is 0 Å². The molecular weight excluding hydrogens is 240 g/mol. The molecule has 0 amide bonds. The first-order valence-corrected chi connectivity index (χ1v) is 8.02. The molecule has 0 aromatic carbocycles. The number of hydrogen-bond acceptors (Lipinski definition) is 0. The number of rotatable bonds is 7. The zero-order chi connectivity index (χ0) is 15.2. The van der Waals surface area contributed by atoms with Crippen molar-refractivity contribution in [1.29, 1.82) is 0 Å². The molecule has 1 aliphatic carbocycles. The van der Waals surface area contributed by atoms with Crippen LogP contribution in [0.2, 0.25) is 0 Å². The predicted molar refractivity (Wildman–Crippen MR) is 91.9 cm³/mol. The SMILES string of the molecule is C=CC(=C)CC/C=C(\C)CCC1=C(C)CCCC1(C)C. The van der Waals surface area contributed by atoms with Gasteiger partial charge in [0.15, 0.2) is 0 Å². The van der Waals surface area contributed by atoms with Crippen LogP contribution in [0.3, 0.4) is 0 Å². The van der Waals surface area contributed by atoms with E-state index in [-0.39, 0.29) is 0 Å². The van der Waals surface area contributed by atoms with E-state index in [1.807, 2.05) is 6.08 Å². The molecule has 0 bridgehead atoms. The lowest BCUT2D eigenvalue weighted by atomic mass is 9.71. The molecule has 0 atom stereocenters. The van der Waals surface area contributed by atoms with Gasteiger partial charge in [-0.1, -0.05) is 61.4 Å². The fourth-order valence-corrected chi connectivity index (χ4v) is 3.26. The van der Waals surface area contributed by atoms with Crippen LogP contribution in [0, 0.1) is 5.41 Å². The molecule has 0 saturated carbocycles. The van der Waals surface area contributed by atoms with E-state index in [0.717, 1.165) is 18.4 Å². The Labute approximate surface area is 126 Å². The van der Waals surface area contributed by atoms with Crippen LogP contribution >= 0.6 is 0 Å². The quantitative estimate of drug-likeness (QED) is 0.354. The van der Waals surface area contributed by atoms with Gasteiger partial charge in [0.1, 0.15) is 0 Å². The van der Waals surface area contributed by atoms with Gasteiger partial charge in [-0.05, 0) is 64.2 Å². The molecule has 1 rings (SSSR count). The van der Waals surface area contributed by atoms with Crippen molar-refractivity contribution in [2.45, 2.75) is 72.6 Å². The van der Waals surface area contributed by atoms with Crippen molar-refractivity contribution in [3.05, 3.63) is 47.6 Å². The van der Waals surface area contributed by atoms with Gasteiger partial charge < -0.3 is 0 Å². The van der Waals surface area contributed by atoms with E-state index in [9.17, 15) is 0 Å². The Kier molecular flexibility index (Phi) is 6.52. The van der Waals surface area contributed by atoms with Gasteiger partial charge in [0.25, 0.3) is 0 Å². The summed E-state index contributed by atoms with van der Waals surface area (Å²) >= 11 is 0. The van der Waals surface area contributed by atoms with E-state index in [1.165, 1.54) is 37.7 Å². The van der Waals surface area contributed by atoms with Crippen molar-refractivity contribution in [3.63, 3.8) is 0 Å². The van der Waals surface area contributed by atoms with E-state index >= 15 is 0 Å². The minimum absolute atomic E-state index is 0.416. The van der Waals surface area contributed by atoms with Crippen molar-refractivity contribution < 1.29 is 0 Å². The average molecular weight is 272 g/mol. The van der Waals surface area contributed by atoms with E-state index in [4.69, 9.17) is 0 Å². The van der Waals surface area contributed by atoms with E-state index in [0.29, 0.717) is 5.41 Å². The van der Waals surface area contributed by atoms with Gasteiger partial charge in [-0.25, -0.2) is 0 Å². The van der Waals surface area contributed by atoms with E-state index in [1.54, 1.807) is 11.1 Å². The molecule has 0 aliphatic heterocycles. The standard InChI is InChI=1S/C20H32/c1-7-16(2)10-8-11-17(3)13-14-19-18(4)12-9-15-20(19,5)6/h7,11H,1-2,8-10,12-15H2,3-6H3/b17-11+. The Morgan fingerprint density at radius 1 is 1.30 bits per heavy atom. The fourth-order valence-electron chi connectivity index (χ4n) is 3.26. The summed E-state index contributed by atoms with van der Waals surface area (Å²) in [6.07, 6.45) is 12.8. The first-order chi connectivity index (χ1) is 9.36. The molecule has 0 spiro atoms. The maximum absolute atomic E-state index is 3.96. The second-order valence-electron chi connectivity index (χ2n) is 6.95. The molecule has 1 aliphatic rings. The lowest BCUT2D eigenvalue weighted by molar-refractivity contribution is 0.354. The molecule has 0 N–H and O–H groups in total. The van der Waals surface area contributed by atoms with Crippen molar-refractivity contribution in [1.82, 2.24) is 0 Å². The van der Waals surface area contributed by atoms with Crippen molar-refractivity contribution in [2.24, 2.45) is 5.41 Å². The van der Waals surface area contributed by atoms with Crippen LogP contribution < -0.4 is 0 Å². The summed E-state index contributed by atoms with van der Waals surface area (Å²) in [4.78, 5) is 0. The lowest BCUT2D eigenvalue weighted by Gasteiger charge is -2.35. The monoisotopic (exact) mass is 272 g/mol. The smallest absolute Gasteiger partial charge is 0.0142 e. The third kappa shape index (κ3) is 5.15. The van der Waals surface area contributed by atoms with Crippen LogP contribution in [0.25, 0.3) is 0 Å². The van der Waals surface area contributed by atoms with Crippen LogP contribution in [0.1, 0.15) is 72.6 Å². The highest BCUT2D eigenvalue weighted by Gasteiger charge is 2.27. The number of hydrogen-bond donors (Lipinski definition) is 0. The van der Waals surface area contributed by atoms with E-state index < -0.39 is 0 Å². The second-order valence-corrected chi connectivity index (χ2v) is 6.95. The Hall–Kier alpha value is -1.04. The summed E-state index contributed by atoms with van der Waals surface area (Å²) < 4.78 is 0. The van der Waals surface area contributed by atoms with Crippen molar-refractivity contribution in [2.75, 3.05) is 0 Å². The van der Waals surface area contributed by atoms with Crippen LogP contribution in [0.5, 0.6) is 0 Å². The topological polar surface area (TPSA) is 0 Å². The fraction of sp³-hybridized carbons (Fsp3) is 0.600. The minimum atomic E-state index is 0.416. The Morgan fingerprint density at radius 3 is 2.60 bits per heavy atom. The van der Waals surface area contributed by atoms with Crippen LogP contribution in [-0.2, 0) is 0 Å². The predicted octanol–water partition coefficient (Wildman–Crippen LogP) is 6.76. The van der Waals surface area contributed by atoms with Gasteiger partial charge in [0.2, 0.25) is 0 Å². The zero-order valence-electron chi connectivity index (χ0n) is 14.0. The third-order valence-electron chi connectivity index (χ3n) is 4.70. The van der Waals surface area contributed by atoms with Crippen LogP contribution in [0.4, 0.5) is 0 Å². The van der Waals surface area contributed by atoms with Crippen LogP contribution in [0.15, 0.2) is 47.6 Å². The zero-order valence-corrected chi connectivity index (χ0v) is 14.0. The minimum Gasteiger partial charge on any atom is -0.0988 e. The summed E-state index contributed by atoms with van der Waals surface area (Å²) in [5.74, 6) is 0. The lowest BCUT2D eigenvalue weighted by Crippen LogP contribution is -2.20. The maximum atomic E-state index is 3.96. The summed E-state index contributed by atoms with van der Waals surface area (Å²) in [5.41, 5.74) is 6.44. The molecule has 0 fully saturated rings. The molecule has 0 radical (unpaired) electrons. The molecule has 0 saturated heterocycles. The van der Waals surface area contributed by atoms with Gasteiger partial charge in [-0.2, -0.15) is 0 Å². The molecule has 0 aromatic rings. The average Bonchev–Trinajstić information content (AvgIpc) is 2.37. The molecule has 0 heterocycles. The molecular formula is C20H32. The summed E-state index contributed by atoms with van der Waals surface area (Å²) in [5, 5.41) is 0. The molecule has 20 heavy (non-hydrogen) atoms. The van der Waals surface area contributed by atoms with Gasteiger partial charge in [0, 0.05) is 0 Å². The largest absolute Gasteiger partial charge is 0.0988 e. The Morgan fingerprint density at radius 2 is 2.00 bits per heavy atom. The maximum Gasteiger partial charge on any atom is -0.0142 e. The van der Waals surface area contributed by atoms with Crippen molar-refractivity contribution >= 4 is 0 Å². The Bertz CT molecular complexity index is 415. The molecule has 0 unspecified atom stereocenters. The highest BCUT2D eigenvalue weighted by Crippen LogP contribution is 2.42. The van der Waals surface area contributed by atoms with E-state index in [2.05, 4.69) is 46.9 Å². The molecule has 112 valence electrons. The van der Waals surface area contributed by atoms with Gasteiger partial charge in [0.05, 0.1) is 0 Å². The van der Waals surface area contributed by atoms with Crippen LogP contribution in [-0.4, -0.2) is 0 Å². The molecule has 0 heteroatoms. The number of allylic oxidation sites excluding steroid dienone is 6. The van der Waals surface area contributed by atoms with Crippen molar-refractivity contribution in [3.8, 4) is 0 Å². The molecule has 0 nitrogen and oxygen atoms in total. The third-order valence-corrected chi connectivity index (χ3v) is 4.70. The summed E-state index contributed by atoms with van der Waals surface area (Å²) in [6.45, 7) is 17.2. The second kappa shape index (κ2) is 7.67. The Balaban J connectivity index is 2.51. The first kappa shape index (κ1) is 17.0. The summed E-state index contributed by atoms with van der Waals surface area (Å²) in [7, 11) is 0.